The number of pyridine rings is 1. The number of carbonyl (C=O) groups excluding carboxylic acids is 1. The lowest BCUT2D eigenvalue weighted by Crippen LogP contribution is -2.44. The second kappa shape index (κ2) is 10.2. The van der Waals surface area contributed by atoms with E-state index in [9.17, 15) is 13.6 Å². The topological polar surface area (TPSA) is 104 Å². The van der Waals surface area contributed by atoms with Crippen LogP contribution < -0.4 is 10.6 Å². The van der Waals surface area contributed by atoms with Gasteiger partial charge in [0.1, 0.15) is 11.6 Å². The van der Waals surface area contributed by atoms with Crippen LogP contribution in [0.1, 0.15) is 31.1 Å². The van der Waals surface area contributed by atoms with E-state index in [1.807, 2.05) is 17.8 Å². The number of hydrogen-bond acceptors (Lipinski definition) is 8. The predicted octanol–water partition coefficient (Wildman–Crippen LogP) is 3.14. The smallest absolute Gasteiger partial charge is 0.303 e. The van der Waals surface area contributed by atoms with E-state index < -0.39 is 11.7 Å². The van der Waals surface area contributed by atoms with Gasteiger partial charge in [-0.1, -0.05) is 0 Å². The van der Waals surface area contributed by atoms with Crippen molar-refractivity contribution in [1.82, 2.24) is 34.5 Å². The highest BCUT2D eigenvalue weighted by Crippen LogP contribution is 2.32. The highest BCUT2D eigenvalue weighted by Gasteiger charge is 2.29. The largest absolute Gasteiger partial charge is 0.339 e. The molecule has 3 aromatic rings. The van der Waals surface area contributed by atoms with Crippen molar-refractivity contribution < 1.29 is 13.6 Å². The first kappa shape index (κ1) is 25.6. The fraction of sp³-hybridized carbons (Fsp3) is 0.458. The number of carbonyl (C=O) groups is 1. The number of halogens is 2. The number of hydrogen-bond donors (Lipinski definition) is 2. The van der Waals surface area contributed by atoms with E-state index in [1.54, 1.807) is 25.3 Å². The normalized spacial score (nSPS) is 15.2. The molecule has 1 aliphatic heterocycles. The standard InChI is InChI=1S/C24H31F2N9O/c1-15-10-22(31-23(28-15)24(3,25)26)30-19-12-21(29-16(2)36)27-13-18(19)20-11-17(34(5)32-20)14-35-8-6-33(4)7-9-35/h10-13H,6-9,14H2,1-5H3,(H2,27,28,29,30,31,36). The van der Waals surface area contributed by atoms with Gasteiger partial charge in [0, 0.05) is 83.2 Å². The molecule has 192 valence electrons. The summed E-state index contributed by atoms with van der Waals surface area (Å²) in [6, 6.07) is 5.21. The van der Waals surface area contributed by atoms with E-state index in [4.69, 9.17) is 0 Å². The lowest BCUT2D eigenvalue weighted by atomic mass is 10.1. The van der Waals surface area contributed by atoms with Crippen molar-refractivity contribution in [2.24, 2.45) is 7.05 Å². The Kier molecular flexibility index (Phi) is 7.27. The third-order valence-electron chi connectivity index (χ3n) is 5.95. The molecule has 4 rings (SSSR count). The second-order valence-corrected chi connectivity index (χ2v) is 9.25. The Balaban J connectivity index is 1.68. The summed E-state index contributed by atoms with van der Waals surface area (Å²) < 4.78 is 29.7. The van der Waals surface area contributed by atoms with Crippen LogP contribution in [0.5, 0.6) is 0 Å². The van der Waals surface area contributed by atoms with Crippen molar-refractivity contribution in [1.29, 1.82) is 0 Å². The van der Waals surface area contributed by atoms with Crippen LogP contribution in [0.3, 0.4) is 0 Å². The average molecular weight is 500 g/mol. The Morgan fingerprint density at radius 2 is 1.81 bits per heavy atom. The number of alkyl halides is 2. The van der Waals surface area contributed by atoms with Gasteiger partial charge in [0.05, 0.1) is 17.1 Å². The first-order valence-electron chi connectivity index (χ1n) is 11.7. The van der Waals surface area contributed by atoms with Gasteiger partial charge in [-0.3, -0.25) is 14.4 Å². The second-order valence-electron chi connectivity index (χ2n) is 9.25. The molecule has 1 aliphatic rings. The number of aryl methyl sites for hydroxylation is 2. The molecule has 1 amide bonds. The van der Waals surface area contributed by atoms with E-state index in [0.29, 0.717) is 28.5 Å². The molecule has 0 unspecified atom stereocenters. The Bertz CT molecular complexity index is 1250. The molecule has 10 nitrogen and oxygen atoms in total. The van der Waals surface area contributed by atoms with Crippen molar-refractivity contribution in [3.8, 4) is 11.3 Å². The van der Waals surface area contributed by atoms with Gasteiger partial charge in [-0.05, 0) is 20.0 Å². The summed E-state index contributed by atoms with van der Waals surface area (Å²) in [7, 11) is 4.01. The highest BCUT2D eigenvalue weighted by atomic mass is 19.3. The van der Waals surface area contributed by atoms with Crippen molar-refractivity contribution in [3.63, 3.8) is 0 Å². The number of aromatic nitrogens is 5. The van der Waals surface area contributed by atoms with Crippen LogP contribution in [0.25, 0.3) is 11.3 Å². The van der Waals surface area contributed by atoms with Crippen molar-refractivity contribution in [3.05, 3.63) is 41.6 Å². The van der Waals surface area contributed by atoms with Crippen LogP contribution in [-0.2, 0) is 24.3 Å². The monoisotopic (exact) mass is 499 g/mol. The first-order valence-corrected chi connectivity index (χ1v) is 11.7. The summed E-state index contributed by atoms with van der Waals surface area (Å²) in [5.74, 6) is -3.53. The van der Waals surface area contributed by atoms with Crippen LogP contribution in [0.2, 0.25) is 0 Å². The molecule has 3 aromatic heterocycles. The first-order chi connectivity index (χ1) is 17.0. The van der Waals surface area contributed by atoms with E-state index in [2.05, 4.69) is 47.5 Å². The van der Waals surface area contributed by atoms with Crippen LogP contribution in [-0.4, -0.2) is 73.7 Å². The maximum absolute atomic E-state index is 13.9. The average Bonchev–Trinajstić information content (AvgIpc) is 3.14. The number of nitrogens with zero attached hydrogens (tertiary/aromatic N) is 7. The quantitative estimate of drug-likeness (QED) is 0.511. The van der Waals surface area contributed by atoms with Gasteiger partial charge in [-0.2, -0.15) is 13.9 Å². The number of piperazine rings is 1. The molecule has 0 bridgehead atoms. The number of rotatable bonds is 7. The number of amides is 1. The maximum Gasteiger partial charge on any atom is 0.303 e. The number of likely N-dealkylation sites (N-methyl/N-ethyl adjacent to an activating group) is 1. The minimum absolute atomic E-state index is 0.203. The summed E-state index contributed by atoms with van der Waals surface area (Å²) in [6.45, 7) is 8.53. The molecule has 12 heteroatoms. The van der Waals surface area contributed by atoms with Gasteiger partial charge in [-0.25, -0.2) is 15.0 Å². The molecule has 1 fully saturated rings. The summed E-state index contributed by atoms with van der Waals surface area (Å²) in [5.41, 5.74) is 3.26. The third kappa shape index (κ3) is 6.18. The maximum atomic E-state index is 13.9. The fourth-order valence-electron chi connectivity index (χ4n) is 4.00. The molecule has 0 aliphatic carbocycles. The zero-order valence-corrected chi connectivity index (χ0v) is 21.1. The van der Waals surface area contributed by atoms with E-state index >= 15 is 0 Å². The van der Waals surface area contributed by atoms with Crippen molar-refractivity contribution >= 4 is 23.2 Å². The minimum Gasteiger partial charge on any atom is -0.339 e. The van der Waals surface area contributed by atoms with Crippen LogP contribution >= 0.6 is 0 Å². The Morgan fingerprint density at radius 3 is 2.47 bits per heavy atom. The highest BCUT2D eigenvalue weighted by molar-refractivity contribution is 5.89. The van der Waals surface area contributed by atoms with Crippen LogP contribution in [0.4, 0.5) is 26.1 Å². The molecule has 1 saturated heterocycles. The van der Waals surface area contributed by atoms with Gasteiger partial charge in [0.15, 0.2) is 0 Å². The number of anilines is 3. The predicted molar refractivity (Wildman–Crippen MR) is 133 cm³/mol. The molecule has 0 saturated carbocycles. The van der Waals surface area contributed by atoms with E-state index in [-0.39, 0.29) is 11.7 Å². The van der Waals surface area contributed by atoms with Gasteiger partial charge in [0.2, 0.25) is 11.7 Å². The third-order valence-corrected chi connectivity index (χ3v) is 5.95. The number of nitrogens with one attached hydrogen (secondary N) is 2. The molecule has 0 aromatic carbocycles. The zero-order chi connectivity index (χ0) is 26.0. The summed E-state index contributed by atoms with van der Waals surface area (Å²) in [6.07, 6.45) is 1.60. The molecular weight excluding hydrogens is 468 g/mol. The molecule has 2 N–H and O–H groups in total. The van der Waals surface area contributed by atoms with Crippen LogP contribution in [0, 0.1) is 6.92 Å². The lowest BCUT2D eigenvalue weighted by Gasteiger charge is -2.32. The summed E-state index contributed by atoms with van der Waals surface area (Å²) in [4.78, 5) is 28.5. The van der Waals surface area contributed by atoms with Gasteiger partial charge < -0.3 is 15.5 Å². The Morgan fingerprint density at radius 1 is 1.08 bits per heavy atom. The van der Waals surface area contributed by atoms with E-state index in [0.717, 1.165) is 45.3 Å². The van der Waals surface area contributed by atoms with E-state index in [1.165, 1.54) is 6.92 Å². The zero-order valence-electron chi connectivity index (χ0n) is 21.1. The Labute approximate surface area is 208 Å². The van der Waals surface area contributed by atoms with Crippen molar-refractivity contribution in [2.45, 2.75) is 33.2 Å². The SMILES string of the molecule is CC(=O)Nc1cc(Nc2cc(C)nc(C(C)(F)F)n2)c(-c2cc(CN3CCN(C)CC3)n(C)n2)cn1. The van der Waals surface area contributed by atoms with Gasteiger partial charge >= 0.3 is 5.92 Å². The molecule has 0 radical (unpaired) electrons. The van der Waals surface area contributed by atoms with Gasteiger partial charge in [-0.15, -0.1) is 0 Å². The molecular formula is C24H31F2N9O. The van der Waals surface area contributed by atoms with Gasteiger partial charge in [0.25, 0.3) is 0 Å². The van der Waals surface area contributed by atoms with Crippen molar-refractivity contribution in [2.75, 3.05) is 43.9 Å². The van der Waals surface area contributed by atoms with Crippen LogP contribution in [0.15, 0.2) is 24.4 Å². The molecule has 36 heavy (non-hydrogen) atoms. The summed E-state index contributed by atoms with van der Waals surface area (Å²) in [5, 5.41) is 10.5. The Hall–Kier alpha value is -3.51. The molecule has 4 heterocycles. The minimum atomic E-state index is -3.19. The summed E-state index contributed by atoms with van der Waals surface area (Å²) >= 11 is 0. The lowest BCUT2D eigenvalue weighted by molar-refractivity contribution is -0.114. The fourth-order valence-corrected chi connectivity index (χ4v) is 4.00. The molecule has 0 atom stereocenters. The molecule has 0 spiro atoms.